The average Bonchev–Trinajstić information content (AvgIpc) is 2.93. The standard InChI is InChI=1S/C16H20ClNO3/c17-13-7-5-12(6-8-13)9-14(16(20)21)18-15(19)10-11-3-1-2-4-11/h5-8,11,14H,1-4,9-10H2,(H,18,19)(H,20,21)/t14-/m1/s1. The number of carboxylic acids is 1. The molecule has 1 atom stereocenters. The van der Waals surface area contributed by atoms with Crippen molar-refractivity contribution in [3.63, 3.8) is 0 Å². The maximum atomic E-state index is 12.0. The van der Waals surface area contributed by atoms with Crippen molar-refractivity contribution in [1.29, 1.82) is 0 Å². The molecular formula is C16H20ClNO3. The number of benzene rings is 1. The number of carbonyl (C=O) groups excluding carboxylic acids is 1. The molecule has 5 heteroatoms. The molecule has 0 aromatic heterocycles. The third kappa shape index (κ3) is 5.05. The van der Waals surface area contributed by atoms with Crippen LogP contribution in [-0.4, -0.2) is 23.0 Å². The number of carboxylic acid groups (broad SMARTS) is 1. The molecule has 0 saturated heterocycles. The van der Waals surface area contributed by atoms with E-state index in [4.69, 9.17) is 11.6 Å². The van der Waals surface area contributed by atoms with E-state index in [0.717, 1.165) is 18.4 Å². The molecule has 1 aliphatic rings. The van der Waals surface area contributed by atoms with Gasteiger partial charge >= 0.3 is 5.97 Å². The summed E-state index contributed by atoms with van der Waals surface area (Å²) in [5.74, 6) is -0.761. The van der Waals surface area contributed by atoms with E-state index < -0.39 is 12.0 Å². The first-order valence-corrected chi connectivity index (χ1v) is 7.69. The fourth-order valence-corrected chi connectivity index (χ4v) is 2.91. The van der Waals surface area contributed by atoms with Gasteiger partial charge in [-0.3, -0.25) is 4.79 Å². The summed E-state index contributed by atoms with van der Waals surface area (Å²) in [4.78, 5) is 23.3. The van der Waals surface area contributed by atoms with Gasteiger partial charge in [-0.25, -0.2) is 4.79 Å². The predicted octanol–water partition coefficient (Wildman–Crippen LogP) is 3.03. The van der Waals surface area contributed by atoms with E-state index in [2.05, 4.69) is 5.32 Å². The van der Waals surface area contributed by atoms with Gasteiger partial charge in [0.25, 0.3) is 0 Å². The highest BCUT2D eigenvalue weighted by molar-refractivity contribution is 6.30. The van der Waals surface area contributed by atoms with Crippen LogP contribution in [0.25, 0.3) is 0 Å². The third-order valence-corrected chi connectivity index (χ3v) is 4.19. The number of hydrogen-bond donors (Lipinski definition) is 2. The van der Waals surface area contributed by atoms with Gasteiger partial charge in [-0.15, -0.1) is 0 Å². The topological polar surface area (TPSA) is 66.4 Å². The zero-order chi connectivity index (χ0) is 15.2. The smallest absolute Gasteiger partial charge is 0.326 e. The Labute approximate surface area is 129 Å². The first-order chi connectivity index (χ1) is 10.0. The van der Waals surface area contributed by atoms with Crippen LogP contribution >= 0.6 is 11.6 Å². The van der Waals surface area contributed by atoms with Gasteiger partial charge in [0.2, 0.25) is 5.91 Å². The van der Waals surface area contributed by atoms with E-state index in [1.54, 1.807) is 24.3 Å². The van der Waals surface area contributed by atoms with Crippen LogP contribution in [0.2, 0.25) is 5.02 Å². The van der Waals surface area contributed by atoms with Crippen molar-refractivity contribution in [3.05, 3.63) is 34.9 Å². The molecule has 0 unspecified atom stereocenters. The predicted molar refractivity (Wildman–Crippen MR) is 81.3 cm³/mol. The number of hydrogen-bond acceptors (Lipinski definition) is 2. The first-order valence-electron chi connectivity index (χ1n) is 7.31. The first kappa shape index (κ1) is 15.8. The van der Waals surface area contributed by atoms with E-state index in [9.17, 15) is 14.7 Å². The number of amides is 1. The summed E-state index contributed by atoms with van der Waals surface area (Å²) in [5, 5.41) is 12.5. The van der Waals surface area contributed by atoms with Crippen molar-refractivity contribution in [2.75, 3.05) is 0 Å². The van der Waals surface area contributed by atoms with Gasteiger partial charge in [0.1, 0.15) is 6.04 Å². The van der Waals surface area contributed by atoms with Gasteiger partial charge < -0.3 is 10.4 Å². The Morgan fingerprint density at radius 1 is 1.24 bits per heavy atom. The summed E-state index contributed by atoms with van der Waals surface area (Å²) in [6.07, 6.45) is 5.19. The highest BCUT2D eigenvalue weighted by Crippen LogP contribution is 2.27. The van der Waals surface area contributed by atoms with Gasteiger partial charge in [-0.1, -0.05) is 36.6 Å². The van der Waals surface area contributed by atoms with Crippen molar-refractivity contribution < 1.29 is 14.7 Å². The molecule has 21 heavy (non-hydrogen) atoms. The van der Waals surface area contributed by atoms with Crippen molar-refractivity contribution in [2.24, 2.45) is 5.92 Å². The summed E-state index contributed by atoms with van der Waals surface area (Å²) < 4.78 is 0. The normalized spacial score (nSPS) is 16.6. The molecule has 2 N–H and O–H groups in total. The number of rotatable bonds is 6. The van der Waals surface area contributed by atoms with Crippen LogP contribution in [0, 0.1) is 5.92 Å². The Balaban J connectivity index is 1.90. The Kier molecular flexibility index (Phi) is 5.62. The van der Waals surface area contributed by atoms with Gasteiger partial charge in [0, 0.05) is 17.9 Å². The second-order valence-electron chi connectivity index (χ2n) is 5.64. The minimum Gasteiger partial charge on any atom is -0.480 e. The average molecular weight is 310 g/mol. The molecule has 0 bridgehead atoms. The molecule has 0 radical (unpaired) electrons. The molecule has 0 spiro atoms. The quantitative estimate of drug-likeness (QED) is 0.849. The van der Waals surface area contributed by atoms with Crippen molar-refractivity contribution in [1.82, 2.24) is 5.32 Å². The summed E-state index contributed by atoms with van der Waals surface area (Å²) in [6.45, 7) is 0. The van der Waals surface area contributed by atoms with Gasteiger partial charge in [-0.05, 0) is 36.5 Å². The van der Waals surface area contributed by atoms with Crippen LogP contribution in [0.4, 0.5) is 0 Å². The van der Waals surface area contributed by atoms with Gasteiger partial charge in [0.15, 0.2) is 0 Å². The van der Waals surface area contributed by atoms with Crippen LogP contribution < -0.4 is 5.32 Å². The molecule has 1 aromatic carbocycles. The molecule has 1 amide bonds. The minimum atomic E-state index is -1.01. The SMILES string of the molecule is O=C(CC1CCCC1)N[C@H](Cc1ccc(Cl)cc1)C(=O)O. The van der Waals surface area contributed by atoms with Crippen molar-refractivity contribution >= 4 is 23.5 Å². The van der Waals surface area contributed by atoms with Crippen molar-refractivity contribution in [3.8, 4) is 0 Å². The second kappa shape index (κ2) is 7.46. The molecule has 114 valence electrons. The largest absolute Gasteiger partial charge is 0.480 e. The van der Waals surface area contributed by atoms with Crippen LogP contribution in [0.3, 0.4) is 0 Å². The molecule has 1 fully saturated rings. The summed E-state index contributed by atoms with van der Waals surface area (Å²) in [6, 6.07) is 6.11. The molecule has 1 aromatic rings. The van der Waals surface area contributed by atoms with Gasteiger partial charge in [-0.2, -0.15) is 0 Å². The fraction of sp³-hybridized carbons (Fsp3) is 0.500. The van der Waals surface area contributed by atoms with Crippen LogP contribution in [-0.2, 0) is 16.0 Å². The third-order valence-electron chi connectivity index (χ3n) is 3.94. The Morgan fingerprint density at radius 3 is 2.43 bits per heavy atom. The lowest BCUT2D eigenvalue weighted by Gasteiger charge is -2.16. The highest BCUT2D eigenvalue weighted by atomic mass is 35.5. The fourth-order valence-electron chi connectivity index (χ4n) is 2.79. The number of halogens is 1. The number of aliphatic carboxylic acids is 1. The molecule has 1 saturated carbocycles. The lowest BCUT2D eigenvalue weighted by atomic mass is 10.0. The van der Waals surface area contributed by atoms with Crippen LogP contribution in [0.15, 0.2) is 24.3 Å². The number of nitrogens with one attached hydrogen (secondary N) is 1. The van der Waals surface area contributed by atoms with E-state index in [1.165, 1.54) is 12.8 Å². The number of carbonyl (C=O) groups is 2. The van der Waals surface area contributed by atoms with E-state index in [-0.39, 0.29) is 12.3 Å². The van der Waals surface area contributed by atoms with E-state index in [0.29, 0.717) is 17.4 Å². The molecule has 1 aliphatic carbocycles. The zero-order valence-corrected chi connectivity index (χ0v) is 12.6. The zero-order valence-electron chi connectivity index (χ0n) is 11.8. The van der Waals surface area contributed by atoms with Gasteiger partial charge in [0.05, 0.1) is 0 Å². The van der Waals surface area contributed by atoms with E-state index >= 15 is 0 Å². The Morgan fingerprint density at radius 2 is 1.86 bits per heavy atom. The summed E-state index contributed by atoms with van der Waals surface area (Å²) in [7, 11) is 0. The minimum absolute atomic E-state index is 0.164. The maximum absolute atomic E-state index is 12.0. The van der Waals surface area contributed by atoms with E-state index in [1.807, 2.05) is 0 Å². The summed E-state index contributed by atoms with van der Waals surface area (Å²) >= 11 is 5.80. The second-order valence-corrected chi connectivity index (χ2v) is 6.08. The van der Waals surface area contributed by atoms with Crippen LogP contribution in [0.5, 0.6) is 0 Å². The molecular weight excluding hydrogens is 290 g/mol. The summed E-state index contributed by atoms with van der Waals surface area (Å²) in [5.41, 5.74) is 0.841. The maximum Gasteiger partial charge on any atom is 0.326 e. The molecule has 4 nitrogen and oxygen atoms in total. The Bertz CT molecular complexity index is 495. The molecule has 0 aliphatic heterocycles. The highest BCUT2D eigenvalue weighted by Gasteiger charge is 2.23. The lowest BCUT2D eigenvalue weighted by Crippen LogP contribution is -2.42. The molecule has 0 heterocycles. The Hall–Kier alpha value is -1.55. The molecule has 2 rings (SSSR count). The monoisotopic (exact) mass is 309 g/mol. The lowest BCUT2D eigenvalue weighted by molar-refractivity contribution is -0.141. The van der Waals surface area contributed by atoms with Crippen molar-refractivity contribution in [2.45, 2.75) is 44.6 Å². The van der Waals surface area contributed by atoms with Crippen LogP contribution in [0.1, 0.15) is 37.7 Å².